The molecular weight excluding hydrogens is 555 g/mol. The van der Waals surface area contributed by atoms with Crippen molar-refractivity contribution < 1.29 is 30.7 Å². The number of hydrogen-bond acceptors (Lipinski definition) is 7. The lowest BCUT2D eigenvalue weighted by Crippen LogP contribution is -2.25. The second-order valence-electron chi connectivity index (χ2n) is 9.80. The third kappa shape index (κ3) is 11.3. The molecule has 0 fully saturated rings. The summed E-state index contributed by atoms with van der Waals surface area (Å²) in [6.45, 7) is 3.36. The lowest BCUT2D eigenvalue weighted by molar-refractivity contribution is -0.137. The number of nitrogens with zero attached hydrogens (tertiary/aromatic N) is 2. The lowest BCUT2D eigenvalue weighted by atomic mass is 10.1. The molecule has 1 aromatic heterocycles. The van der Waals surface area contributed by atoms with Crippen LogP contribution in [-0.2, 0) is 28.9 Å². The minimum Gasteiger partial charge on any atom is -0.493 e. The van der Waals surface area contributed by atoms with Gasteiger partial charge in [0, 0.05) is 43.7 Å². The number of aryl methyl sites for hydroxylation is 1. The number of sulfone groups is 1. The number of benzene rings is 2. The minimum absolute atomic E-state index is 0.0964. The highest BCUT2D eigenvalue weighted by Crippen LogP contribution is 2.29. The van der Waals surface area contributed by atoms with E-state index >= 15 is 0 Å². The predicted molar refractivity (Wildman–Crippen MR) is 155 cm³/mol. The maximum absolute atomic E-state index is 12.8. The first-order valence-electron chi connectivity index (χ1n) is 13.3. The Labute approximate surface area is 239 Å². The molecule has 1 heterocycles. The van der Waals surface area contributed by atoms with E-state index in [1.807, 2.05) is 29.2 Å². The maximum Gasteiger partial charge on any atom is 0.416 e. The Balaban J connectivity index is 1.40. The molecule has 0 saturated heterocycles. The Morgan fingerprint density at radius 3 is 2.39 bits per heavy atom. The molecule has 11 heteroatoms. The molecule has 0 saturated carbocycles. The van der Waals surface area contributed by atoms with Gasteiger partial charge in [-0.2, -0.15) is 13.2 Å². The average molecular weight is 592 g/mol. The highest BCUT2D eigenvalue weighted by atomic mass is 32.2. The Morgan fingerprint density at radius 1 is 1.05 bits per heavy atom. The van der Waals surface area contributed by atoms with Crippen molar-refractivity contribution in [1.29, 1.82) is 0 Å². The van der Waals surface area contributed by atoms with Gasteiger partial charge < -0.3 is 19.8 Å². The van der Waals surface area contributed by atoms with E-state index in [4.69, 9.17) is 14.9 Å². The highest BCUT2D eigenvalue weighted by molar-refractivity contribution is 7.90. The summed E-state index contributed by atoms with van der Waals surface area (Å²) in [7, 11) is -3.02. The van der Waals surface area contributed by atoms with E-state index in [1.54, 1.807) is 25.5 Å². The molecule has 2 N–H and O–H groups in total. The molecule has 0 radical (unpaired) electrons. The summed E-state index contributed by atoms with van der Waals surface area (Å²) in [5.41, 5.74) is 8.01. The number of halogens is 3. The topological polar surface area (TPSA) is 98.7 Å². The van der Waals surface area contributed by atoms with Crippen LogP contribution in [0.25, 0.3) is 11.6 Å². The first kappa shape index (κ1) is 31.8. The van der Waals surface area contributed by atoms with Crippen LogP contribution in [0.4, 0.5) is 13.2 Å². The second-order valence-corrected chi connectivity index (χ2v) is 12.1. The van der Waals surface area contributed by atoms with Gasteiger partial charge in [0.05, 0.1) is 23.6 Å². The fourth-order valence-electron chi connectivity index (χ4n) is 4.02. The van der Waals surface area contributed by atoms with E-state index in [9.17, 15) is 21.6 Å². The predicted octanol–water partition coefficient (Wildman–Crippen LogP) is 5.97. The number of allylic oxidation sites excluding steroid dienone is 1. The van der Waals surface area contributed by atoms with E-state index in [0.717, 1.165) is 43.7 Å². The van der Waals surface area contributed by atoms with Gasteiger partial charge in [-0.05, 0) is 67.7 Å². The van der Waals surface area contributed by atoms with Gasteiger partial charge in [0.2, 0.25) is 5.89 Å². The monoisotopic (exact) mass is 591 g/mol. The number of alkyl halides is 3. The third-order valence-corrected chi connectivity index (χ3v) is 7.19. The maximum atomic E-state index is 12.8. The Kier molecular flexibility index (Phi) is 11.5. The van der Waals surface area contributed by atoms with Crippen LogP contribution in [-0.4, -0.2) is 50.0 Å². The molecule has 7 nitrogen and oxygen atoms in total. The van der Waals surface area contributed by atoms with Gasteiger partial charge in [0.25, 0.3) is 0 Å². The number of aromatic nitrogens is 1. The molecule has 0 aliphatic heterocycles. The minimum atomic E-state index is -4.37. The van der Waals surface area contributed by atoms with E-state index in [1.165, 1.54) is 30.2 Å². The number of nitrogens with two attached hydrogens (primary N) is 1. The van der Waals surface area contributed by atoms with Crippen LogP contribution in [0.5, 0.6) is 5.75 Å². The lowest BCUT2D eigenvalue weighted by Gasteiger charge is -2.19. The Morgan fingerprint density at radius 2 is 1.76 bits per heavy atom. The average Bonchev–Trinajstić information content (AvgIpc) is 3.39. The summed E-state index contributed by atoms with van der Waals surface area (Å²) in [5.74, 6) is 1.25. The van der Waals surface area contributed by atoms with Gasteiger partial charge in [-0.15, -0.1) is 0 Å². The number of unbranched alkanes of at least 4 members (excludes halogenated alkanes) is 1. The highest BCUT2D eigenvalue weighted by Gasteiger charge is 2.29. The quantitative estimate of drug-likeness (QED) is 0.217. The SMILES string of the molecule is C/C(=C\c1ccc(C(F)(F)F)cc1)c1nc(CCOc2ccc(CCCCN(/C=C\N)CCS(C)(=O)=O)cc2)co1. The van der Waals surface area contributed by atoms with Crippen molar-refractivity contribution in [2.45, 2.75) is 38.8 Å². The van der Waals surface area contributed by atoms with E-state index < -0.39 is 21.6 Å². The Hall–Kier alpha value is -3.73. The van der Waals surface area contributed by atoms with Crippen molar-refractivity contribution in [1.82, 2.24) is 9.88 Å². The van der Waals surface area contributed by atoms with Gasteiger partial charge in [-0.1, -0.05) is 24.3 Å². The summed E-state index contributed by atoms with van der Waals surface area (Å²) >= 11 is 0. The van der Waals surface area contributed by atoms with Crippen molar-refractivity contribution in [2.75, 3.05) is 31.7 Å². The van der Waals surface area contributed by atoms with Crippen LogP contribution < -0.4 is 10.5 Å². The summed E-state index contributed by atoms with van der Waals surface area (Å²) in [6, 6.07) is 12.8. The molecule has 0 unspecified atom stereocenters. The van der Waals surface area contributed by atoms with Crippen molar-refractivity contribution in [3.05, 3.63) is 95.5 Å². The molecule has 0 aliphatic rings. The fraction of sp³-hybridized carbons (Fsp3) is 0.367. The summed E-state index contributed by atoms with van der Waals surface area (Å²) < 4.78 is 72.5. The standard InChI is InChI=1S/C30H36F3N3O4S/c1-23(21-25-6-10-26(11-7-25)30(31,32)33)29-35-27(22-40-29)14-19-39-28-12-8-24(9-13-28)5-3-4-16-36(17-15-34)18-20-41(2,37)38/h6-13,15,17,21-22H,3-5,14,16,18-20,34H2,1-2H3/b17-15-,23-21+. The van der Waals surface area contributed by atoms with Gasteiger partial charge >= 0.3 is 6.18 Å². The zero-order valence-corrected chi connectivity index (χ0v) is 24.0. The van der Waals surface area contributed by atoms with Gasteiger partial charge in [0.1, 0.15) is 21.8 Å². The molecule has 0 atom stereocenters. The van der Waals surface area contributed by atoms with Crippen LogP contribution in [0.15, 0.2) is 71.6 Å². The molecule has 222 valence electrons. The number of hydrogen-bond donors (Lipinski definition) is 1. The van der Waals surface area contributed by atoms with Gasteiger partial charge in [-0.3, -0.25) is 0 Å². The smallest absolute Gasteiger partial charge is 0.416 e. The Bertz CT molecular complexity index is 1400. The summed E-state index contributed by atoms with van der Waals surface area (Å²) in [6.07, 6.45) is 6.57. The molecule has 0 amide bonds. The number of ether oxygens (including phenoxy) is 1. The van der Waals surface area contributed by atoms with Crippen molar-refractivity contribution in [3.63, 3.8) is 0 Å². The molecule has 2 aromatic carbocycles. The van der Waals surface area contributed by atoms with E-state index in [0.29, 0.717) is 42.3 Å². The third-order valence-electron chi connectivity index (χ3n) is 6.27. The van der Waals surface area contributed by atoms with Gasteiger partial charge in [-0.25, -0.2) is 13.4 Å². The number of oxazole rings is 1. The van der Waals surface area contributed by atoms with Crippen molar-refractivity contribution in [2.24, 2.45) is 5.73 Å². The second kappa shape index (κ2) is 14.8. The normalized spacial score (nSPS) is 12.7. The molecule has 41 heavy (non-hydrogen) atoms. The van der Waals surface area contributed by atoms with Crippen molar-refractivity contribution >= 4 is 21.5 Å². The van der Waals surface area contributed by atoms with Crippen LogP contribution >= 0.6 is 0 Å². The molecule has 0 aliphatic carbocycles. The first-order chi connectivity index (χ1) is 19.4. The van der Waals surface area contributed by atoms with Crippen LogP contribution in [0.2, 0.25) is 0 Å². The zero-order chi connectivity index (χ0) is 29.9. The molecule has 0 bridgehead atoms. The first-order valence-corrected chi connectivity index (χ1v) is 15.3. The van der Waals surface area contributed by atoms with E-state index in [2.05, 4.69) is 4.98 Å². The molecule has 0 spiro atoms. The zero-order valence-electron chi connectivity index (χ0n) is 23.2. The molecular formula is C30H36F3N3O4S. The van der Waals surface area contributed by atoms with E-state index in [-0.39, 0.29) is 5.75 Å². The molecule has 3 rings (SSSR count). The molecule has 3 aromatic rings. The fourth-order valence-corrected chi connectivity index (χ4v) is 4.58. The summed E-state index contributed by atoms with van der Waals surface area (Å²) in [4.78, 5) is 6.38. The largest absolute Gasteiger partial charge is 0.493 e. The van der Waals surface area contributed by atoms with Crippen LogP contribution in [0, 0.1) is 0 Å². The van der Waals surface area contributed by atoms with Gasteiger partial charge in [0.15, 0.2) is 0 Å². The van der Waals surface area contributed by atoms with Crippen molar-refractivity contribution in [3.8, 4) is 5.75 Å². The van der Waals surface area contributed by atoms with Crippen LogP contribution in [0.1, 0.15) is 48.0 Å². The number of rotatable bonds is 15. The summed E-state index contributed by atoms with van der Waals surface area (Å²) in [5, 5.41) is 0. The van der Waals surface area contributed by atoms with Crippen LogP contribution in [0.3, 0.4) is 0 Å².